The largest absolute Gasteiger partial charge is 0.455 e. The van der Waals surface area contributed by atoms with Crippen LogP contribution in [0.25, 0.3) is 97.4 Å². The van der Waals surface area contributed by atoms with E-state index >= 15 is 0 Å². The first-order valence-electron chi connectivity index (χ1n) is 20.7. The van der Waals surface area contributed by atoms with Crippen LogP contribution in [0.15, 0.2) is 229 Å². The maximum Gasteiger partial charge on any atom is 0.143 e. The summed E-state index contributed by atoms with van der Waals surface area (Å²) < 4.78 is 9.09. The van der Waals surface area contributed by atoms with Crippen LogP contribution in [0.4, 0.5) is 17.1 Å². The number of hydrogen-bond donors (Lipinski definition) is 0. The lowest BCUT2D eigenvalue weighted by molar-refractivity contribution is 0.670. The van der Waals surface area contributed by atoms with Crippen LogP contribution in [0.3, 0.4) is 0 Å². The second-order valence-electron chi connectivity index (χ2n) is 15.6. The molecule has 0 saturated carbocycles. The molecule has 0 bridgehead atoms. The van der Waals surface area contributed by atoms with Crippen LogP contribution in [0, 0.1) is 0 Å². The van der Waals surface area contributed by atoms with Gasteiger partial charge in [-0.2, -0.15) is 0 Å². The third kappa shape index (κ3) is 6.01. The average molecular weight is 796 g/mol. The van der Waals surface area contributed by atoms with Crippen molar-refractivity contribution in [1.82, 2.24) is 0 Å². The van der Waals surface area contributed by atoms with Crippen molar-refractivity contribution in [3.63, 3.8) is 0 Å². The molecule has 12 rings (SSSR count). The van der Waals surface area contributed by atoms with Crippen LogP contribution < -0.4 is 4.90 Å². The van der Waals surface area contributed by atoms with E-state index in [1.165, 1.54) is 53.2 Å². The van der Waals surface area contributed by atoms with Gasteiger partial charge in [0.25, 0.3) is 0 Å². The molecular weight excluding hydrogens is 759 g/mol. The number of rotatable bonds is 7. The van der Waals surface area contributed by atoms with Crippen LogP contribution in [-0.2, 0) is 0 Å². The molecule has 12 aromatic rings. The molecule has 0 unspecified atom stereocenters. The molecule has 0 amide bonds. The van der Waals surface area contributed by atoms with Crippen molar-refractivity contribution in [2.75, 3.05) is 4.90 Å². The minimum absolute atomic E-state index is 0.903. The molecule has 10 aromatic carbocycles. The highest BCUT2D eigenvalue weighted by molar-refractivity contribution is 7.25. The lowest BCUT2D eigenvalue weighted by Gasteiger charge is -2.28. The molecule has 0 aliphatic rings. The lowest BCUT2D eigenvalue weighted by Crippen LogP contribution is -2.11. The fourth-order valence-corrected chi connectivity index (χ4v) is 10.3. The van der Waals surface area contributed by atoms with Crippen LogP contribution in [-0.4, -0.2) is 0 Å². The van der Waals surface area contributed by atoms with Crippen LogP contribution in [0.2, 0.25) is 0 Å². The zero-order chi connectivity index (χ0) is 40.3. The van der Waals surface area contributed by atoms with E-state index in [9.17, 15) is 0 Å². The Morgan fingerprint density at radius 1 is 0.328 bits per heavy atom. The fraction of sp³-hybridized carbons (Fsp3) is 0. The van der Waals surface area contributed by atoms with Crippen molar-refractivity contribution >= 4 is 81.3 Å². The Balaban J connectivity index is 1.03. The molecule has 2 nitrogen and oxygen atoms in total. The molecule has 0 spiro atoms. The predicted octanol–water partition coefficient (Wildman–Crippen LogP) is 17.2. The van der Waals surface area contributed by atoms with Gasteiger partial charge in [-0.3, -0.25) is 0 Å². The number of hydrogen-bond acceptors (Lipinski definition) is 3. The van der Waals surface area contributed by atoms with Crippen LogP contribution in [0.5, 0.6) is 0 Å². The summed E-state index contributed by atoms with van der Waals surface area (Å²) in [6, 6.07) is 81.3. The second kappa shape index (κ2) is 14.5. The molecule has 0 aliphatic carbocycles. The highest BCUT2D eigenvalue weighted by atomic mass is 32.1. The summed E-state index contributed by atoms with van der Waals surface area (Å²) in [4.78, 5) is 2.42. The molecule has 0 saturated heterocycles. The third-order valence-corrected chi connectivity index (χ3v) is 13.2. The minimum atomic E-state index is 0.903. The van der Waals surface area contributed by atoms with E-state index in [4.69, 9.17) is 4.42 Å². The maximum absolute atomic E-state index is 6.48. The highest BCUT2D eigenvalue weighted by Crippen LogP contribution is 2.46. The van der Waals surface area contributed by atoms with Gasteiger partial charge in [0.1, 0.15) is 11.2 Å². The van der Waals surface area contributed by atoms with Gasteiger partial charge in [-0.25, -0.2) is 0 Å². The smallest absolute Gasteiger partial charge is 0.143 e. The molecule has 0 N–H and O–H groups in total. The molecular formula is C58H37NOS. The first kappa shape index (κ1) is 35.2. The Kier molecular flexibility index (Phi) is 8.39. The molecule has 61 heavy (non-hydrogen) atoms. The summed E-state index contributed by atoms with van der Waals surface area (Å²) in [7, 11) is 0. The van der Waals surface area contributed by atoms with E-state index < -0.39 is 0 Å². The van der Waals surface area contributed by atoms with Crippen LogP contribution >= 0.6 is 11.3 Å². The molecule has 0 atom stereocenters. The molecule has 286 valence electrons. The van der Waals surface area contributed by atoms with Crippen molar-refractivity contribution in [3.05, 3.63) is 224 Å². The Bertz CT molecular complexity index is 3610. The van der Waals surface area contributed by atoms with Gasteiger partial charge in [0.05, 0.1) is 5.69 Å². The van der Waals surface area contributed by atoms with Gasteiger partial charge >= 0.3 is 0 Å². The number of thiophene rings is 1. The van der Waals surface area contributed by atoms with Gasteiger partial charge < -0.3 is 9.32 Å². The third-order valence-electron chi connectivity index (χ3n) is 12.1. The number of nitrogens with zero attached hydrogens (tertiary/aromatic N) is 1. The Hall–Kier alpha value is -7.72. The minimum Gasteiger partial charge on any atom is -0.455 e. The molecule has 0 radical (unpaired) electrons. The quantitative estimate of drug-likeness (QED) is 0.160. The molecule has 2 aromatic heterocycles. The van der Waals surface area contributed by atoms with Crippen molar-refractivity contribution < 1.29 is 4.42 Å². The van der Waals surface area contributed by atoms with E-state index in [-0.39, 0.29) is 0 Å². The SMILES string of the molecule is c1cc(-c2ccccc2-c2cccc3ccccc23)cc(N(c2ccc(-c3cccc4c3oc3ccccc34)cc2)c2ccccc2-c2ccc3sc4ccccc4c3c2)c1. The van der Waals surface area contributed by atoms with Gasteiger partial charge in [0, 0.05) is 53.4 Å². The van der Waals surface area contributed by atoms with E-state index in [1.54, 1.807) is 0 Å². The predicted molar refractivity (Wildman–Crippen MR) is 261 cm³/mol. The highest BCUT2D eigenvalue weighted by Gasteiger charge is 2.20. The normalized spacial score (nSPS) is 11.6. The monoisotopic (exact) mass is 795 g/mol. The van der Waals surface area contributed by atoms with E-state index in [2.05, 4.69) is 217 Å². The van der Waals surface area contributed by atoms with Crippen molar-refractivity contribution in [3.8, 4) is 44.5 Å². The average Bonchev–Trinajstić information content (AvgIpc) is 3.90. The Morgan fingerprint density at radius 2 is 0.934 bits per heavy atom. The van der Waals surface area contributed by atoms with Crippen molar-refractivity contribution in [1.29, 1.82) is 0 Å². The number of anilines is 3. The van der Waals surface area contributed by atoms with E-state index in [0.29, 0.717) is 0 Å². The second-order valence-corrected chi connectivity index (χ2v) is 16.7. The number of para-hydroxylation sites is 3. The standard InChI is InChI=1S/C58H37NOS/c1-2-18-44-38(14-1)15-12-25-49(44)48-21-4-3-19-45(48)40-16-11-17-43(36-40)59(42-33-30-39(31-34-42)47-24-13-26-52-50-22-6-9-28-55(50)60-58(47)52)54-27-8-5-20-46(54)41-32-35-57-53(37-41)51-23-7-10-29-56(51)61-57/h1-37H. The molecule has 2 heterocycles. The molecule has 0 fully saturated rings. The molecule has 0 aliphatic heterocycles. The summed E-state index contributed by atoms with van der Waals surface area (Å²) in [5.41, 5.74) is 14.4. The van der Waals surface area contributed by atoms with E-state index in [1.807, 2.05) is 23.5 Å². The number of fused-ring (bicyclic) bond motifs is 7. The summed E-state index contributed by atoms with van der Waals surface area (Å²) in [6.07, 6.45) is 0. The summed E-state index contributed by atoms with van der Waals surface area (Å²) in [5.74, 6) is 0. The van der Waals surface area contributed by atoms with Crippen molar-refractivity contribution in [2.24, 2.45) is 0 Å². The topological polar surface area (TPSA) is 16.4 Å². The summed E-state index contributed by atoms with van der Waals surface area (Å²) in [5, 5.41) is 7.33. The number of benzene rings is 10. The van der Waals surface area contributed by atoms with E-state index in [0.717, 1.165) is 61.3 Å². The van der Waals surface area contributed by atoms with Gasteiger partial charge in [0.2, 0.25) is 0 Å². The molecule has 3 heteroatoms. The van der Waals surface area contributed by atoms with Crippen LogP contribution in [0.1, 0.15) is 0 Å². The first-order valence-corrected chi connectivity index (χ1v) is 21.6. The zero-order valence-electron chi connectivity index (χ0n) is 33.1. The first-order chi connectivity index (χ1) is 30.2. The maximum atomic E-state index is 6.48. The fourth-order valence-electron chi connectivity index (χ4n) is 9.24. The Labute approximate surface area is 357 Å². The van der Waals surface area contributed by atoms with Crippen molar-refractivity contribution in [2.45, 2.75) is 0 Å². The van der Waals surface area contributed by atoms with Gasteiger partial charge in [-0.1, -0.05) is 170 Å². The number of furan rings is 1. The lowest BCUT2D eigenvalue weighted by atomic mass is 9.91. The summed E-state index contributed by atoms with van der Waals surface area (Å²) in [6.45, 7) is 0. The van der Waals surface area contributed by atoms with Gasteiger partial charge in [-0.15, -0.1) is 11.3 Å². The summed E-state index contributed by atoms with van der Waals surface area (Å²) >= 11 is 1.85. The van der Waals surface area contributed by atoms with Gasteiger partial charge in [-0.05, 0) is 98.8 Å². The zero-order valence-corrected chi connectivity index (χ0v) is 33.9. The van der Waals surface area contributed by atoms with Gasteiger partial charge in [0.15, 0.2) is 0 Å². The Morgan fingerprint density at radius 3 is 1.84 bits per heavy atom.